The highest BCUT2D eigenvalue weighted by molar-refractivity contribution is 7.17. The van der Waals surface area contributed by atoms with Gasteiger partial charge in [-0.2, -0.15) is 0 Å². The summed E-state index contributed by atoms with van der Waals surface area (Å²) in [6.45, 7) is 9.37. The Morgan fingerprint density at radius 3 is 2.81 bits per heavy atom. The van der Waals surface area contributed by atoms with Gasteiger partial charge in [-0.05, 0) is 64.2 Å². The van der Waals surface area contributed by atoms with Crippen LogP contribution in [0.15, 0.2) is 24.7 Å². The first-order valence-corrected chi connectivity index (χ1v) is 11.6. The molecule has 31 heavy (non-hydrogen) atoms. The van der Waals surface area contributed by atoms with Crippen molar-refractivity contribution in [3.8, 4) is 11.1 Å². The summed E-state index contributed by atoms with van der Waals surface area (Å²) in [6, 6.07) is 1.91. The Labute approximate surface area is 187 Å². The van der Waals surface area contributed by atoms with Crippen molar-refractivity contribution in [1.29, 1.82) is 0 Å². The van der Waals surface area contributed by atoms with E-state index in [1.807, 2.05) is 51.1 Å². The summed E-state index contributed by atoms with van der Waals surface area (Å²) in [5.41, 5.74) is 4.80. The lowest BCUT2D eigenvalue weighted by Crippen LogP contribution is -2.39. The SMILES string of the molecule is CCNc1nc(C)c(C(=O)N2CCCC[C@H]2c2nc(C)ncc2-c2ccncc2C)s1. The molecule has 1 amide bonds. The van der Waals surface area contributed by atoms with Gasteiger partial charge in [-0.1, -0.05) is 11.3 Å². The fraction of sp³-hybridized carbons (Fsp3) is 0.435. The second kappa shape index (κ2) is 9.09. The lowest BCUT2D eigenvalue weighted by atomic mass is 9.92. The maximum atomic E-state index is 13.6. The number of thiazole rings is 1. The van der Waals surface area contributed by atoms with E-state index in [-0.39, 0.29) is 11.9 Å². The van der Waals surface area contributed by atoms with Gasteiger partial charge < -0.3 is 10.2 Å². The number of rotatable bonds is 5. The second-order valence-corrected chi connectivity index (χ2v) is 8.88. The number of aryl methyl sites for hydroxylation is 3. The summed E-state index contributed by atoms with van der Waals surface area (Å²) in [5.74, 6) is 0.754. The van der Waals surface area contributed by atoms with Crippen LogP contribution in [0.3, 0.4) is 0 Å². The monoisotopic (exact) mass is 436 g/mol. The van der Waals surface area contributed by atoms with E-state index in [1.165, 1.54) is 11.3 Å². The van der Waals surface area contributed by atoms with Crippen LogP contribution >= 0.6 is 11.3 Å². The van der Waals surface area contributed by atoms with Crippen LogP contribution < -0.4 is 5.32 Å². The number of piperidine rings is 1. The molecular weight excluding hydrogens is 408 g/mol. The Hall–Kier alpha value is -2.87. The van der Waals surface area contributed by atoms with E-state index < -0.39 is 0 Å². The molecular formula is C23H28N6OS. The minimum atomic E-state index is -0.0883. The fourth-order valence-electron chi connectivity index (χ4n) is 4.14. The summed E-state index contributed by atoms with van der Waals surface area (Å²) in [6.07, 6.45) is 8.48. The van der Waals surface area contributed by atoms with Gasteiger partial charge in [0.15, 0.2) is 5.13 Å². The van der Waals surface area contributed by atoms with Gasteiger partial charge in [0, 0.05) is 37.2 Å². The largest absolute Gasteiger partial charge is 0.362 e. The zero-order valence-corrected chi connectivity index (χ0v) is 19.3. The van der Waals surface area contributed by atoms with Crippen LogP contribution in [0.1, 0.15) is 64.7 Å². The molecule has 1 aliphatic rings. The van der Waals surface area contributed by atoms with Crippen LogP contribution in [0.2, 0.25) is 0 Å². The predicted molar refractivity (Wildman–Crippen MR) is 123 cm³/mol. The van der Waals surface area contributed by atoms with E-state index in [1.54, 1.807) is 6.20 Å². The van der Waals surface area contributed by atoms with Crippen molar-refractivity contribution in [3.63, 3.8) is 0 Å². The van der Waals surface area contributed by atoms with Crippen molar-refractivity contribution in [2.75, 3.05) is 18.4 Å². The van der Waals surface area contributed by atoms with E-state index in [0.29, 0.717) is 10.7 Å². The molecule has 3 aromatic rings. The average Bonchev–Trinajstić information content (AvgIpc) is 3.14. The molecule has 0 aromatic carbocycles. The highest BCUT2D eigenvalue weighted by atomic mass is 32.1. The average molecular weight is 437 g/mol. The summed E-state index contributed by atoms with van der Waals surface area (Å²) in [5, 5.41) is 4.02. The van der Waals surface area contributed by atoms with Gasteiger partial charge in [-0.25, -0.2) is 15.0 Å². The second-order valence-electron chi connectivity index (χ2n) is 7.88. The highest BCUT2D eigenvalue weighted by Gasteiger charge is 2.33. The molecule has 0 aliphatic carbocycles. The molecule has 8 heteroatoms. The number of nitrogens with one attached hydrogen (secondary N) is 1. The normalized spacial score (nSPS) is 16.4. The van der Waals surface area contributed by atoms with E-state index in [9.17, 15) is 4.79 Å². The summed E-state index contributed by atoms with van der Waals surface area (Å²) >= 11 is 1.43. The predicted octanol–water partition coefficient (Wildman–Crippen LogP) is 4.72. The van der Waals surface area contributed by atoms with Crippen LogP contribution in [0.5, 0.6) is 0 Å². The van der Waals surface area contributed by atoms with Crippen molar-refractivity contribution >= 4 is 22.4 Å². The molecule has 0 unspecified atom stereocenters. The smallest absolute Gasteiger partial charge is 0.266 e. The molecule has 162 valence electrons. The minimum Gasteiger partial charge on any atom is -0.362 e. The van der Waals surface area contributed by atoms with Crippen LogP contribution in [0, 0.1) is 20.8 Å². The van der Waals surface area contributed by atoms with Crippen LogP contribution in [0.4, 0.5) is 5.13 Å². The van der Waals surface area contributed by atoms with Crippen molar-refractivity contribution in [3.05, 3.63) is 52.3 Å². The molecule has 0 radical (unpaired) electrons. The number of hydrogen-bond acceptors (Lipinski definition) is 7. The van der Waals surface area contributed by atoms with E-state index >= 15 is 0 Å². The first-order valence-electron chi connectivity index (χ1n) is 10.8. The first kappa shape index (κ1) is 21.4. The molecule has 3 aromatic heterocycles. The number of hydrogen-bond donors (Lipinski definition) is 1. The Kier molecular flexibility index (Phi) is 6.27. The maximum Gasteiger partial charge on any atom is 0.266 e. The lowest BCUT2D eigenvalue weighted by Gasteiger charge is -2.36. The van der Waals surface area contributed by atoms with Crippen molar-refractivity contribution < 1.29 is 4.79 Å². The zero-order valence-electron chi connectivity index (χ0n) is 18.5. The van der Waals surface area contributed by atoms with Gasteiger partial charge in [0.2, 0.25) is 0 Å². The lowest BCUT2D eigenvalue weighted by molar-refractivity contribution is 0.0610. The van der Waals surface area contributed by atoms with Crippen molar-refractivity contribution in [2.45, 2.75) is 53.0 Å². The number of pyridine rings is 1. The Morgan fingerprint density at radius 2 is 2.03 bits per heavy atom. The molecule has 0 bridgehead atoms. The standard InChI is InChI=1S/C23H28N6OS/c1-5-25-23-27-15(3)21(31-23)22(30)29-11-7-6-8-19(29)20-18(13-26-16(4)28-20)17-9-10-24-12-14(17)2/h9-10,12-13,19H,5-8,11H2,1-4H3,(H,25,27)/t19-/m0/s1. The number of amides is 1. The number of likely N-dealkylation sites (tertiary alicyclic amines) is 1. The molecule has 1 fully saturated rings. The molecule has 7 nitrogen and oxygen atoms in total. The molecule has 1 atom stereocenters. The summed E-state index contributed by atoms with van der Waals surface area (Å²) in [4.78, 5) is 34.4. The van der Waals surface area contributed by atoms with E-state index in [2.05, 4.69) is 20.3 Å². The van der Waals surface area contributed by atoms with Gasteiger partial charge in [-0.15, -0.1) is 0 Å². The Morgan fingerprint density at radius 1 is 1.19 bits per heavy atom. The fourth-order valence-corrected chi connectivity index (χ4v) is 5.13. The molecule has 1 N–H and O–H groups in total. The number of carbonyl (C=O) groups excluding carboxylic acids is 1. The van der Waals surface area contributed by atoms with Crippen molar-refractivity contribution in [1.82, 2.24) is 24.8 Å². The van der Waals surface area contributed by atoms with Crippen LogP contribution in [0.25, 0.3) is 11.1 Å². The topological polar surface area (TPSA) is 83.9 Å². The Balaban J connectivity index is 1.76. The van der Waals surface area contributed by atoms with E-state index in [0.717, 1.165) is 65.6 Å². The maximum absolute atomic E-state index is 13.6. The number of aromatic nitrogens is 4. The first-order chi connectivity index (χ1) is 15.0. The molecule has 1 saturated heterocycles. The molecule has 0 spiro atoms. The summed E-state index contributed by atoms with van der Waals surface area (Å²) < 4.78 is 0. The van der Waals surface area contributed by atoms with Gasteiger partial charge in [0.05, 0.1) is 17.4 Å². The summed E-state index contributed by atoms with van der Waals surface area (Å²) in [7, 11) is 0. The third-order valence-electron chi connectivity index (χ3n) is 5.65. The quantitative estimate of drug-likeness (QED) is 0.623. The van der Waals surface area contributed by atoms with Crippen LogP contribution in [-0.2, 0) is 0 Å². The minimum absolute atomic E-state index is 0.0394. The number of anilines is 1. The van der Waals surface area contributed by atoms with Crippen molar-refractivity contribution in [2.24, 2.45) is 0 Å². The molecule has 4 rings (SSSR count). The van der Waals surface area contributed by atoms with Crippen LogP contribution in [-0.4, -0.2) is 43.8 Å². The molecule has 4 heterocycles. The molecule has 0 saturated carbocycles. The van der Waals surface area contributed by atoms with E-state index in [4.69, 9.17) is 4.98 Å². The third kappa shape index (κ3) is 4.30. The number of carbonyl (C=O) groups is 1. The highest BCUT2D eigenvalue weighted by Crippen LogP contribution is 2.38. The van der Waals surface area contributed by atoms with Gasteiger partial charge in [0.25, 0.3) is 5.91 Å². The van der Waals surface area contributed by atoms with Gasteiger partial charge in [0.1, 0.15) is 10.7 Å². The van der Waals surface area contributed by atoms with Gasteiger partial charge >= 0.3 is 0 Å². The third-order valence-corrected chi connectivity index (χ3v) is 6.75. The Bertz CT molecular complexity index is 1100. The number of nitrogens with zero attached hydrogens (tertiary/aromatic N) is 5. The zero-order chi connectivity index (χ0) is 22.0. The van der Waals surface area contributed by atoms with Gasteiger partial charge in [-0.3, -0.25) is 9.78 Å². The molecule has 1 aliphatic heterocycles.